The molecule has 1 aliphatic heterocycles. The second kappa shape index (κ2) is 10.4. The number of H-pyrrole nitrogens is 1. The summed E-state index contributed by atoms with van der Waals surface area (Å²) in [4.78, 5) is 46.8. The number of amides is 2. The molecule has 0 aliphatic carbocycles. The van der Waals surface area contributed by atoms with Gasteiger partial charge in [-0.15, -0.1) is 0 Å². The van der Waals surface area contributed by atoms with E-state index < -0.39 is 5.97 Å². The number of aryl methyl sites for hydroxylation is 1. The van der Waals surface area contributed by atoms with Gasteiger partial charge in [0.15, 0.2) is 0 Å². The Morgan fingerprint density at radius 2 is 2.00 bits per heavy atom. The number of esters is 1. The number of nitrogens with one attached hydrogen (secondary N) is 2. The van der Waals surface area contributed by atoms with E-state index >= 15 is 0 Å². The molecule has 1 atom stereocenters. The zero-order valence-electron chi connectivity index (χ0n) is 19.2. The average molecular weight is 441 g/mol. The van der Waals surface area contributed by atoms with E-state index in [2.05, 4.69) is 15.3 Å². The number of carbonyl (C=O) groups excluding carboxylic acids is 3. The van der Waals surface area contributed by atoms with Crippen LogP contribution in [-0.4, -0.2) is 52.3 Å². The number of aromatic amines is 1. The summed E-state index contributed by atoms with van der Waals surface area (Å²) >= 11 is 0. The van der Waals surface area contributed by atoms with Gasteiger partial charge in [-0.1, -0.05) is 13.0 Å². The van der Waals surface area contributed by atoms with Crippen molar-refractivity contribution in [1.29, 1.82) is 0 Å². The Kier molecular flexibility index (Phi) is 7.66. The van der Waals surface area contributed by atoms with Crippen LogP contribution in [0.15, 0.2) is 24.5 Å². The zero-order chi connectivity index (χ0) is 23.3. The first-order valence-corrected chi connectivity index (χ1v) is 11.2. The van der Waals surface area contributed by atoms with Gasteiger partial charge >= 0.3 is 5.97 Å². The van der Waals surface area contributed by atoms with Gasteiger partial charge in [-0.2, -0.15) is 0 Å². The van der Waals surface area contributed by atoms with Crippen LogP contribution in [0.5, 0.6) is 0 Å². The molecule has 0 bridgehead atoms. The molecule has 3 heterocycles. The van der Waals surface area contributed by atoms with Crippen LogP contribution < -0.4 is 5.32 Å². The second-order valence-corrected chi connectivity index (χ2v) is 8.34. The lowest BCUT2D eigenvalue weighted by atomic mass is 9.84. The molecular weight excluding hydrogens is 408 g/mol. The van der Waals surface area contributed by atoms with Crippen LogP contribution in [-0.2, 0) is 16.1 Å². The number of hydrogen-bond acceptors (Lipinski definition) is 5. The van der Waals surface area contributed by atoms with Crippen LogP contribution in [0.25, 0.3) is 0 Å². The quantitative estimate of drug-likeness (QED) is 0.644. The van der Waals surface area contributed by atoms with E-state index in [0.717, 1.165) is 18.4 Å². The van der Waals surface area contributed by atoms with Crippen LogP contribution in [0.4, 0.5) is 0 Å². The van der Waals surface area contributed by atoms with E-state index in [1.54, 1.807) is 38.1 Å². The normalized spacial score (nSPS) is 15.3. The molecule has 0 spiro atoms. The lowest BCUT2D eigenvalue weighted by molar-refractivity contribution is -0.126. The first-order chi connectivity index (χ1) is 15.3. The fourth-order valence-corrected chi connectivity index (χ4v) is 4.30. The number of pyridine rings is 1. The van der Waals surface area contributed by atoms with Gasteiger partial charge in [0, 0.05) is 43.6 Å². The van der Waals surface area contributed by atoms with Gasteiger partial charge in [0.1, 0.15) is 5.69 Å². The van der Waals surface area contributed by atoms with Crippen LogP contribution in [0.2, 0.25) is 0 Å². The van der Waals surface area contributed by atoms with Gasteiger partial charge in [0.25, 0.3) is 5.91 Å². The largest absolute Gasteiger partial charge is 0.462 e. The highest BCUT2D eigenvalue weighted by atomic mass is 16.5. The van der Waals surface area contributed by atoms with Crippen molar-refractivity contribution in [3.63, 3.8) is 0 Å². The van der Waals surface area contributed by atoms with Gasteiger partial charge in [0.05, 0.1) is 12.2 Å². The molecule has 2 N–H and O–H groups in total. The van der Waals surface area contributed by atoms with E-state index in [9.17, 15) is 14.4 Å². The molecule has 0 radical (unpaired) electrons. The highest BCUT2D eigenvalue weighted by Crippen LogP contribution is 2.27. The number of carbonyl (C=O) groups is 3. The highest BCUT2D eigenvalue weighted by molar-refractivity contribution is 6.00. The first kappa shape index (κ1) is 23.5. The maximum Gasteiger partial charge on any atom is 0.340 e. The molecule has 3 rings (SSSR count). The van der Waals surface area contributed by atoms with Crippen molar-refractivity contribution >= 4 is 17.8 Å². The second-order valence-electron chi connectivity index (χ2n) is 8.34. The summed E-state index contributed by atoms with van der Waals surface area (Å²) in [5.41, 5.74) is 3.09. The summed E-state index contributed by atoms with van der Waals surface area (Å²) in [5, 5.41) is 2.98. The predicted octanol–water partition coefficient (Wildman–Crippen LogP) is 3.01. The third-order valence-electron chi connectivity index (χ3n) is 6.27. The van der Waals surface area contributed by atoms with E-state index in [0.29, 0.717) is 42.1 Å². The van der Waals surface area contributed by atoms with Crippen molar-refractivity contribution in [2.45, 2.75) is 47.1 Å². The van der Waals surface area contributed by atoms with Crippen LogP contribution in [0.1, 0.15) is 64.4 Å². The number of likely N-dealkylation sites (tertiary alicyclic amines) is 1. The van der Waals surface area contributed by atoms with Gasteiger partial charge in [-0.05, 0) is 56.7 Å². The first-order valence-electron chi connectivity index (χ1n) is 11.2. The number of rotatable bonds is 7. The molecule has 0 unspecified atom stereocenters. The van der Waals surface area contributed by atoms with Crippen molar-refractivity contribution in [3.05, 3.63) is 52.6 Å². The Balaban J connectivity index is 1.56. The molecule has 0 saturated carbocycles. The van der Waals surface area contributed by atoms with Crippen molar-refractivity contribution in [3.8, 4) is 0 Å². The Hall–Kier alpha value is -3.16. The topological polar surface area (TPSA) is 104 Å². The third-order valence-corrected chi connectivity index (χ3v) is 6.27. The molecule has 1 fully saturated rings. The van der Waals surface area contributed by atoms with Gasteiger partial charge < -0.3 is 19.9 Å². The van der Waals surface area contributed by atoms with Gasteiger partial charge in [-0.3, -0.25) is 14.6 Å². The smallest absolute Gasteiger partial charge is 0.340 e. The number of aromatic nitrogens is 2. The van der Waals surface area contributed by atoms with E-state index in [1.165, 1.54) is 0 Å². The molecule has 1 aliphatic rings. The molecule has 172 valence electrons. The van der Waals surface area contributed by atoms with Crippen molar-refractivity contribution in [2.75, 3.05) is 19.7 Å². The molecule has 8 nitrogen and oxygen atoms in total. The molecule has 2 aromatic rings. The molecule has 2 aromatic heterocycles. The summed E-state index contributed by atoms with van der Waals surface area (Å²) in [6.07, 6.45) is 4.97. The Labute approximate surface area is 188 Å². The van der Waals surface area contributed by atoms with Crippen molar-refractivity contribution < 1.29 is 19.1 Å². The highest BCUT2D eigenvalue weighted by Gasteiger charge is 2.32. The lowest BCUT2D eigenvalue weighted by Gasteiger charge is -2.34. The summed E-state index contributed by atoms with van der Waals surface area (Å²) in [6.45, 7) is 9.15. The maximum atomic E-state index is 13.1. The van der Waals surface area contributed by atoms with Crippen LogP contribution >= 0.6 is 0 Å². The minimum atomic E-state index is -0.414. The third kappa shape index (κ3) is 5.18. The molecule has 32 heavy (non-hydrogen) atoms. The van der Waals surface area contributed by atoms with Gasteiger partial charge in [0.2, 0.25) is 5.91 Å². The van der Waals surface area contributed by atoms with Crippen LogP contribution in [0, 0.1) is 25.7 Å². The number of ether oxygens (including phenoxy) is 1. The summed E-state index contributed by atoms with van der Waals surface area (Å²) < 4.78 is 5.11. The minimum Gasteiger partial charge on any atom is -0.462 e. The fourth-order valence-electron chi connectivity index (χ4n) is 4.30. The van der Waals surface area contributed by atoms with Gasteiger partial charge in [-0.25, -0.2) is 4.79 Å². The monoisotopic (exact) mass is 440 g/mol. The lowest BCUT2D eigenvalue weighted by Crippen LogP contribution is -2.42. The van der Waals surface area contributed by atoms with E-state index in [1.807, 2.05) is 19.1 Å². The minimum absolute atomic E-state index is 0.0218. The molecule has 1 saturated heterocycles. The average Bonchev–Trinajstić information content (AvgIpc) is 3.11. The van der Waals surface area contributed by atoms with Crippen molar-refractivity contribution in [1.82, 2.24) is 20.2 Å². The predicted molar refractivity (Wildman–Crippen MR) is 120 cm³/mol. The fraction of sp³-hybridized carbons (Fsp3) is 0.500. The Morgan fingerprint density at radius 3 is 2.62 bits per heavy atom. The zero-order valence-corrected chi connectivity index (χ0v) is 19.2. The summed E-state index contributed by atoms with van der Waals surface area (Å²) in [5.74, 6) is -0.423. The number of piperidine rings is 1. The van der Waals surface area contributed by atoms with E-state index in [4.69, 9.17) is 4.74 Å². The molecule has 2 amide bonds. The number of hydrogen-bond donors (Lipinski definition) is 2. The summed E-state index contributed by atoms with van der Waals surface area (Å²) in [6, 6.07) is 3.78. The molecule has 0 aromatic carbocycles. The SMILES string of the molecule is CCOC(=O)c1c(C)[nH]c(C(=O)N2CCC([C@H](C)C(=O)NCc3cccnc3)CC2)c1C. The van der Waals surface area contributed by atoms with E-state index in [-0.39, 0.29) is 30.3 Å². The maximum absolute atomic E-state index is 13.1. The Bertz CT molecular complexity index is 962. The number of nitrogens with zero attached hydrogens (tertiary/aromatic N) is 2. The molecule has 8 heteroatoms. The standard InChI is InChI=1S/C24H32N4O4/c1-5-32-24(31)20-16(3)21(27-17(20)4)23(30)28-11-8-19(9-12-28)15(2)22(29)26-14-18-7-6-10-25-13-18/h6-7,10,13,15,19,27H,5,8-9,11-12,14H2,1-4H3,(H,26,29)/t15-/m0/s1. The van der Waals surface area contributed by atoms with Crippen molar-refractivity contribution in [2.24, 2.45) is 11.8 Å². The molecular formula is C24H32N4O4. The van der Waals surface area contributed by atoms with Crippen LogP contribution in [0.3, 0.4) is 0 Å². The summed E-state index contributed by atoms with van der Waals surface area (Å²) in [7, 11) is 0. The Morgan fingerprint density at radius 1 is 1.28 bits per heavy atom.